The fourth-order valence-electron chi connectivity index (χ4n) is 3.77. The first-order valence-corrected chi connectivity index (χ1v) is 10.3. The molecule has 1 saturated heterocycles. The Labute approximate surface area is 193 Å². The highest BCUT2D eigenvalue weighted by Crippen LogP contribution is 2.26. The summed E-state index contributed by atoms with van der Waals surface area (Å²) in [4.78, 5) is 38.2. The number of hydrogen-bond acceptors (Lipinski definition) is 4. The second-order valence-corrected chi connectivity index (χ2v) is 7.84. The molecule has 1 aliphatic heterocycles. The van der Waals surface area contributed by atoms with Crippen LogP contribution < -0.4 is 10.2 Å². The summed E-state index contributed by atoms with van der Waals surface area (Å²) in [5.74, 6) is -2.92. The fourth-order valence-corrected chi connectivity index (χ4v) is 4.05. The minimum atomic E-state index is -1.04. The third kappa shape index (κ3) is 4.06. The van der Waals surface area contributed by atoms with Crippen molar-refractivity contribution in [3.8, 4) is 5.69 Å². The molecule has 1 fully saturated rings. The zero-order valence-corrected chi connectivity index (χ0v) is 18.4. The van der Waals surface area contributed by atoms with Crippen LogP contribution in [0, 0.1) is 19.7 Å². The highest BCUT2D eigenvalue weighted by molar-refractivity contribution is 7.80. The van der Waals surface area contributed by atoms with Crippen LogP contribution >= 0.6 is 12.2 Å². The SMILES string of the molecule is Cc1cc(/C=C2\C(=O)NC(=S)N(c3cccc(F)c3)C2=O)c(C)n1-c1cccc(C(=O)O)c1. The zero-order chi connectivity index (χ0) is 23.9. The molecule has 3 aromatic rings. The maximum Gasteiger partial charge on any atom is 0.335 e. The Morgan fingerprint density at radius 2 is 1.76 bits per heavy atom. The van der Waals surface area contributed by atoms with Gasteiger partial charge < -0.3 is 9.67 Å². The molecular formula is C24H18FN3O4S. The summed E-state index contributed by atoms with van der Waals surface area (Å²) in [6.45, 7) is 3.63. The number of aryl methyl sites for hydroxylation is 1. The first kappa shape index (κ1) is 22.1. The predicted molar refractivity (Wildman–Crippen MR) is 125 cm³/mol. The van der Waals surface area contributed by atoms with E-state index >= 15 is 0 Å². The summed E-state index contributed by atoms with van der Waals surface area (Å²) < 4.78 is 15.5. The van der Waals surface area contributed by atoms with Gasteiger partial charge in [-0.25, -0.2) is 9.18 Å². The Morgan fingerprint density at radius 1 is 1.06 bits per heavy atom. The first-order chi connectivity index (χ1) is 15.7. The summed E-state index contributed by atoms with van der Waals surface area (Å²) in [5, 5.41) is 11.6. The number of rotatable bonds is 4. The van der Waals surface area contributed by atoms with Crippen molar-refractivity contribution in [2.24, 2.45) is 0 Å². The number of nitrogens with zero attached hydrogens (tertiary/aromatic N) is 2. The van der Waals surface area contributed by atoms with Gasteiger partial charge in [0, 0.05) is 17.1 Å². The van der Waals surface area contributed by atoms with Crippen molar-refractivity contribution < 1.29 is 23.9 Å². The van der Waals surface area contributed by atoms with Crippen molar-refractivity contribution in [2.75, 3.05) is 4.90 Å². The number of aromatic nitrogens is 1. The standard InChI is InChI=1S/C24H18FN3O4S/c1-13-9-16(14(2)27(13)18-7-3-5-15(10-18)23(31)32)11-20-21(29)26-24(33)28(22(20)30)19-8-4-6-17(25)12-19/h3-12H,1-2H3,(H,31,32)(H,26,29,33)/b20-11+. The number of carbonyl (C=O) groups excluding carboxylic acids is 2. The molecule has 0 bridgehead atoms. The average Bonchev–Trinajstić information content (AvgIpc) is 3.04. The van der Waals surface area contributed by atoms with E-state index in [1.165, 1.54) is 30.3 Å². The van der Waals surface area contributed by atoms with Gasteiger partial charge >= 0.3 is 5.97 Å². The molecule has 9 heteroatoms. The Balaban J connectivity index is 1.77. The molecule has 0 atom stereocenters. The minimum absolute atomic E-state index is 0.135. The molecule has 2 heterocycles. The van der Waals surface area contributed by atoms with E-state index in [0.717, 1.165) is 16.7 Å². The summed E-state index contributed by atoms with van der Waals surface area (Å²) in [6, 6.07) is 13.6. The lowest BCUT2D eigenvalue weighted by Crippen LogP contribution is -2.54. The van der Waals surface area contributed by atoms with Gasteiger partial charge in [0.1, 0.15) is 11.4 Å². The van der Waals surface area contributed by atoms with Crippen LogP contribution in [-0.4, -0.2) is 32.6 Å². The van der Waals surface area contributed by atoms with Crippen LogP contribution in [0.3, 0.4) is 0 Å². The Hall–Kier alpha value is -4.11. The number of nitrogens with one attached hydrogen (secondary N) is 1. The van der Waals surface area contributed by atoms with Crippen LogP contribution in [0.15, 0.2) is 60.2 Å². The van der Waals surface area contributed by atoms with Crippen LogP contribution in [0.25, 0.3) is 11.8 Å². The van der Waals surface area contributed by atoms with Crippen molar-refractivity contribution in [1.29, 1.82) is 0 Å². The van der Waals surface area contributed by atoms with Gasteiger partial charge in [0.2, 0.25) is 0 Å². The smallest absolute Gasteiger partial charge is 0.335 e. The molecule has 1 aliphatic rings. The summed E-state index contributed by atoms with van der Waals surface area (Å²) in [5.41, 5.74) is 2.90. The third-order valence-corrected chi connectivity index (χ3v) is 5.57. The lowest BCUT2D eigenvalue weighted by atomic mass is 10.1. The summed E-state index contributed by atoms with van der Waals surface area (Å²) in [7, 11) is 0. The summed E-state index contributed by atoms with van der Waals surface area (Å²) in [6.07, 6.45) is 1.45. The fraction of sp³-hybridized carbons (Fsp3) is 0.0833. The van der Waals surface area contributed by atoms with Gasteiger partial charge in [-0.05, 0) is 80.2 Å². The summed E-state index contributed by atoms with van der Waals surface area (Å²) >= 11 is 5.14. The van der Waals surface area contributed by atoms with E-state index < -0.39 is 23.6 Å². The van der Waals surface area contributed by atoms with E-state index in [1.54, 1.807) is 31.2 Å². The largest absolute Gasteiger partial charge is 0.478 e. The van der Waals surface area contributed by atoms with Crippen LogP contribution in [0.2, 0.25) is 0 Å². The zero-order valence-electron chi connectivity index (χ0n) is 17.6. The van der Waals surface area contributed by atoms with Crippen molar-refractivity contribution in [3.63, 3.8) is 0 Å². The van der Waals surface area contributed by atoms with Gasteiger partial charge in [0.15, 0.2) is 5.11 Å². The second-order valence-electron chi connectivity index (χ2n) is 7.46. The lowest BCUT2D eigenvalue weighted by molar-refractivity contribution is -0.122. The number of hydrogen-bond donors (Lipinski definition) is 2. The van der Waals surface area contributed by atoms with Gasteiger partial charge in [0.05, 0.1) is 11.3 Å². The van der Waals surface area contributed by atoms with Crippen LogP contribution in [0.1, 0.15) is 27.3 Å². The number of halogens is 1. The van der Waals surface area contributed by atoms with Gasteiger partial charge in [-0.1, -0.05) is 12.1 Å². The van der Waals surface area contributed by atoms with Crippen LogP contribution in [-0.2, 0) is 9.59 Å². The highest BCUT2D eigenvalue weighted by atomic mass is 32.1. The number of carboxylic acids is 1. The second kappa shape index (κ2) is 8.44. The number of aromatic carboxylic acids is 1. The van der Waals surface area contributed by atoms with Crippen molar-refractivity contribution in [3.05, 3.63) is 88.5 Å². The molecule has 1 aromatic heterocycles. The van der Waals surface area contributed by atoms with Crippen LogP contribution in [0.4, 0.5) is 10.1 Å². The maximum atomic E-state index is 13.7. The predicted octanol–water partition coefficient (Wildman–Crippen LogP) is 3.76. The third-order valence-electron chi connectivity index (χ3n) is 5.29. The molecule has 0 radical (unpaired) electrons. The minimum Gasteiger partial charge on any atom is -0.478 e. The van der Waals surface area contributed by atoms with E-state index in [0.29, 0.717) is 16.9 Å². The Morgan fingerprint density at radius 3 is 2.45 bits per heavy atom. The molecule has 33 heavy (non-hydrogen) atoms. The molecule has 2 aromatic carbocycles. The monoisotopic (exact) mass is 463 g/mol. The van der Waals surface area contributed by atoms with Gasteiger partial charge in [-0.15, -0.1) is 0 Å². The molecule has 0 unspecified atom stereocenters. The van der Waals surface area contributed by atoms with Gasteiger partial charge in [0.25, 0.3) is 11.8 Å². The number of carbonyl (C=O) groups is 3. The van der Waals surface area contributed by atoms with E-state index in [9.17, 15) is 23.9 Å². The number of benzene rings is 2. The molecule has 0 spiro atoms. The molecule has 0 aliphatic carbocycles. The quantitative estimate of drug-likeness (QED) is 0.349. The number of thiocarbonyl (C=S) groups is 1. The van der Waals surface area contributed by atoms with Crippen molar-refractivity contribution >= 4 is 46.9 Å². The van der Waals surface area contributed by atoms with Crippen molar-refractivity contribution in [2.45, 2.75) is 13.8 Å². The van der Waals surface area contributed by atoms with Gasteiger partial charge in [-0.3, -0.25) is 19.8 Å². The Bertz CT molecular complexity index is 1380. The van der Waals surface area contributed by atoms with Gasteiger partial charge in [-0.2, -0.15) is 0 Å². The molecule has 4 rings (SSSR count). The van der Waals surface area contributed by atoms with Crippen LogP contribution in [0.5, 0.6) is 0 Å². The molecule has 2 N–H and O–H groups in total. The molecule has 166 valence electrons. The van der Waals surface area contributed by atoms with E-state index in [2.05, 4.69) is 5.32 Å². The molecule has 7 nitrogen and oxygen atoms in total. The maximum absolute atomic E-state index is 13.7. The van der Waals surface area contributed by atoms with Crippen molar-refractivity contribution in [1.82, 2.24) is 9.88 Å². The number of carboxylic acid groups (broad SMARTS) is 1. The van der Waals surface area contributed by atoms with E-state index in [4.69, 9.17) is 12.2 Å². The topological polar surface area (TPSA) is 91.6 Å². The number of anilines is 1. The number of amides is 2. The molecular weight excluding hydrogens is 445 g/mol. The lowest BCUT2D eigenvalue weighted by Gasteiger charge is -2.28. The molecule has 2 amide bonds. The average molecular weight is 463 g/mol. The molecule has 0 saturated carbocycles. The van der Waals surface area contributed by atoms with E-state index in [-0.39, 0.29) is 21.9 Å². The first-order valence-electron chi connectivity index (χ1n) is 9.87. The highest BCUT2D eigenvalue weighted by Gasteiger charge is 2.35. The Kier molecular flexibility index (Phi) is 5.65. The van der Waals surface area contributed by atoms with E-state index in [1.807, 2.05) is 11.5 Å². The normalized spacial score (nSPS) is 15.2.